The zero-order valence-corrected chi connectivity index (χ0v) is 13.9. The summed E-state index contributed by atoms with van der Waals surface area (Å²) in [5.74, 6) is 0.706. The Balaban J connectivity index is 1.83. The van der Waals surface area contributed by atoms with Crippen molar-refractivity contribution in [2.24, 2.45) is 0 Å². The highest BCUT2D eigenvalue weighted by Gasteiger charge is 2.14. The van der Waals surface area contributed by atoms with E-state index in [1.807, 2.05) is 35.2 Å². The maximum absolute atomic E-state index is 11.9. The number of imidazole rings is 1. The first-order chi connectivity index (χ1) is 12.2. The number of aromatic amines is 2. The molecule has 25 heavy (non-hydrogen) atoms. The number of nitrogens with zero attached hydrogens (tertiary/aromatic N) is 3. The van der Waals surface area contributed by atoms with Crippen LogP contribution in [0.15, 0.2) is 65.7 Å². The van der Waals surface area contributed by atoms with Crippen LogP contribution in [0.3, 0.4) is 0 Å². The molecule has 2 N–H and O–H groups in total. The number of hydrogen-bond acceptors (Lipinski definition) is 4. The molecule has 0 atom stereocenters. The van der Waals surface area contributed by atoms with Crippen molar-refractivity contribution in [2.75, 3.05) is 4.90 Å². The Morgan fingerprint density at radius 2 is 1.92 bits per heavy atom. The maximum atomic E-state index is 11.9. The van der Waals surface area contributed by atoms with Gasteiger partial charge in [-0.1, -0.05) is 41.9 Å². The predicted octanol–water partition coefficient (Wildman–Crippen LogP) is 3.64. The summed E-state index contributed by atoms with van der Waals surface area (Å²) in [7, 11) is 0. The fourth-order valence-electron chi connectivity index (χ4n) is 2.75. The molecule has 0 spiro atoms. The fraction of sp³-hybridized carbons (Fsp3) is 0.0556. The van der Waals surface area contributed by atoms with Crippen molar-refractivity contribution >= 4 is 34.0 Å². The third-order valence-corrected chi connectivity index (χ3v) is 4.25. The number of aromatic nitrogens is 4. The van der Waals surface area contributed by atoms with Gasteiger partial charge in [-0.05, 0) is 23.8 Å². The number of halogens is 1. The summed E-state index contributed by atoms with van der Waals surface area (Å²) in [5, 5.41) is 7.60. The van der Waals surface area contributed by atoms with Crippen molar-refractivity contribution in [2.45, 2.75) is 6.54 Å². The van der Waals surface area contributed by atoms with Gasteiger partial charge in [0.15, 0.2) is 5.15 Å². The molecule has 0 amide bonds. The number of nitrogens with one attached hydrogen (secondary N) is 2. The lowest BCUT2D eigenvalue weighted by atomic mass is 10.1. The van der Waals surface area contributed by atoms with Gasteiger partial charge in [-0.15, -0.1) is 0 Å². The molecule has 0 saturated carbocycles. The Hall–Kier alpha value is -3.12. The van der Waals surface area contributed by atoms with E-state index in [1.165, 1.54) is 0 Å². The van der Waals surface area contributed by atoms with Crippen LogP contribution < -0.4 is 10.5 Å². The first-order valence-corrected chi connectivity index (χ1v) is 8.09. The van der Waals surface area contributed by atoms with Crippen molar-refractivity contribution in [3.05, 3.63) is 82.0 Å². The largest absolute Gasteiger partial charge is 0.331 e. The van der Waals surface area contributed by atoms with Crippen molar-refractivity contribution in [1.29, 1.82) is 0 Å². The van der Waals surface area contributed by atoms with Gasteiger partial charge in [0.2, 0.25) is 5.95 Å². The lowest BCUT2D eigenvalue weighted by Gasteiger charge is -2.22. The van der Waals surface area contributed by atoms with Crippen LogP contribution >= 0.6 is 11.6 Å². The van der Waals surface area contributed by atoms with E-state index in [-0.39, 0.29) is 10.7 Å². The highest BCUT2D eigenvalue weighted by Crippen LogP contribution is 2.29. The first-order valence-electron chi connectivity index (χ1n) is 7.71. The minimum Gasteiger partial charge on any atom is -0.331 e. The Morgan fingerprint density at radius 1 is 1.08 bits per heavy atom. The summed E-state index contributed by atoms with van der Waals surface area (Å²) in [6.07, 6.45) is 3.47. The summed E-state index contributed by atoms with van der Waals surface area (Å²) in [6.45, 7) is 0.619. The highest BCUT2D eigenvalue weighted by molar-refractivity contribution is 6.34. The Morgan fingerprint density at radius 3 is 2.68 bits per heavy atom. The number of hydrogen-bond donors (Lipinski definition) is 2. The molecule has 6 nitrogen and oxygen atoms in total. The molecule has 7 heteroatoms. The molecule has 2 aromatic heterocycles. The smallest absolute Gasteiger partial charge is 0.272 e. The summed E-state index contributed by atoms with van der Waals surface area (Å²) >= 11 is 6.17. The van der Waals surface area contributed by atoms with Gasteiger partial charge in [-0.3, -0.25) is 4.79 Å². The third kappa shape index (κ3) is 2.99. The summed E-state index contributed by atoms with van der Waals surface area (Å²) in [4.78, 5) is 21.4. The SMILES string of the molecule is O=c1[nH]nc(Cl)c2cc(N(Cc3ccccc3)c3ncc[nH]3)ccc12. The van der Waals surface area contributed by atoms with Gasteiger partial charge in [-0.25, -0.2) is 10.1 Å². The maximum Gasteiger partial charge on any atom is 0.272 e. The van der Waals surface area contributed by atoms with Crippen LogP contribution in [0.4, 0.5) is 11.6 Å². The molecule has 2 heterocycles. The van der Waals surface area contributed by atoms with Crippen molar-refractivity contribution < 1.29 is 0 Å². The normalized spacial score (nSPS) is 10.9. The Labute approximate surface area is 148 Å². The zero-order chi connectivity index (χ0) is 17.2. The Kier molecular flexibility index (Phi) is 3.95. The second-order valence-electron chi connectivity index (χ2n) is 5.56. The number of benzene rings is 2. The second kappa shape index (κ2) is 6.41. The average Bonchev–Trinajstić information content (AvgIpc) is 3.18. The number of H-pyrrole nitrogens is 2. The minimum atomic E-state index is -0.265. The van der Waals surface area contributed by atoms with E-state index in [0.29, 0.717) is 23.3 Å². The second-order valence-corrected chi connectivity index (χ2v) is 5.92. The van der Waals surface area contributed by atoms with E-state index in [9.17, 15) is 4.79 Å². The molecule has 4 rings (SSSR count). The molecule has 4 aromatic rings. The number of anilines is 2. The quantitative estimate of drug-likeness (QED) is 0.588. The molecule has 0 bridgehead atoms. The number of rotatable bonds is 4. The van der Waals surface area contributed by atoms with Gasteiger partial charge in [0.25, 0.3) is 5.56 Å². The van der Waals surface area contributed by atoms with Crippen molar-refractivity contribution in [1.82, 2.24) is 20.2 Å². The Bertz CT molecular complexity index is 1060. The van der Waals surface area contributed by atoms with Crippen LogP contribution in [-0.4, -0.2) is 20.2 Å². The van der Waals surface area contributed by atoms with E-state index in [4.69, 9.17) is 11.6 Å². The van der Waals surface area contributed by atoms with Gasteiger partial charge in [0.1, 0.15) is 0 Å². The first kappa shape index (κ1) is 15.4. The van der Waals surface area contributed by atoms with Gasteiger partial charge in [-0.2, -0.15) is 5.10 Å². The molecular formula is C18H14ClN5O. The minimum absolute atomic E-state index is 0.260. The van der Waals surface area contributed by atoms with Crippen LogP contribution in [0, 0.1) is 0 Å². The molecule has 0 radical (unpaired) electrons. The van der Waals surface area contributed by atoms with Crippen molar-refractivity contribution in [3.63, 3.8) is 0 Å². The summed E-state index contributed by atoms with van der Waals surface area (Å²) in [6, 6.07) is 15.6. The zero-order valence-electron chi connectivity index (χ0n) is 13.1. The van der Waals surface area contributed by atoms with Crippen LogP contribution in [0.25, 0.3) is 10.8 Å². The third-order valence-electron chi connectivity index (χ3n) is 3.96. The van der Waals surface area contributed by atoms with E-state index < -0.39 is 0 Å². The van der Waals surface area contributed by atoms with E-state index in [0.717, 1.165) is 11.3 Å². The van der Waals surface area contributed by atoms with Crippen molar-refractivity contribution in [3.8, 4) is 0 Å². The molecular weight excluding hydrogens is 338 g/mol. The molecule has 0 aliphatic heterocycles. The molecule has 124 valence electrons. The van der Waals surface area contributed by atoms with Gasteiger partial charge in [0, 0.05) is 23.5 Å². The topological polar surface area (TPSA) is 77.7 Å². The van der Waals surface area contributed by atoms with Gasteiger partial charge in [0.05, 0.1) is 11.9 Å². The van der Waals surface area contributed by atoms with Gasteiger partial charge < -0.3 is 9.88 Å². The summed E-state index contributed by atoms with van der Waals surface area (Å²) < 4.78 is 0. The van der Waals surface area contributed by atoms with E-state index >= 15 is 0 Å². The molecule has 0 fully saturated rings. The number of fused-ring (bicyclic) bond motifs is 1. The van der Waals surface area contributed by atoms with E-state index in [2.05, 4.69) is 32.3 Å². The molecule has 0 saturated heterocycles. The standard InChI is InChI=1S/C18H14ClN5O/c19-16-15-10-13(6-7-14(15)17(25)23-22-16)24(18-20-8-9-21-18)11-12-4-2-1-3-5-12/h1-10H,11H2,(H,20,21)(H,23,25). The lowest BCUT2D eigenvalue weighted by molar-refractivity contribution is 0.930. The lowest BCUT2D eigenvalue weighted by Crippen LogP contribution is -2.18. The van der Waals surface area contributed by atoms with Crippen LogP contribution in [0.2, 0.25) is 5.15 Å². The van der Waals surface area contributed by atoms with Gasteiger partial charge >= 0.3 is 0 Å². The average molecular weight is 352 g/mol. The van der Waals surface area contributed by atoms with Crippen LogP contribution in [0.5, 0.6) is 0 Å². The van der Waals surface area contributed by atoms with Crippen LogP contribution in [-0.2, 0) is 6.54 Å². The fourth-order valence-corrected chi connectivity index (χ4v) is 2.95. The molecule has 0 aliphatic rings. The summed E-state index contributed by atoms with van der Waals surface area (Å²) in [5.41, 5.74) is 1.73. The molecule has 2 aromatic carbocycles. The highest BCUT2D eigenvalue weighted by atomic mass is 35.5. The molecule has 0 unspecified atom stereocenters. The predicted molar refractivity (Wildman–Crippen MR) is 98.2 cm³/mol. The molecule has 0 aliphatic carbocycles. The van der Waals surface area contributed by atoms with Crippen LogP contribution in [0.1, 0.15) is 5.56 Å². The van der Waals surface area contributed by atoms with E-state index in [1.54, 1.807) is 18.5 Å². The monoisotopic (exact) mass is 351 g/mol.